The summed E-state index contributed by atoms with van der Waals surface area (Å²) in [5.74, 6) is 2.58. The molecule has 0 aromatic carbocycles. The molecule has 0 saturated carbocycles. The van der Waals surface area contributed by atoms with Crippen molar-refractivity contribution < 1.29 is 0 Å². The van der Waals surface area contributed by atoms with Crippen molar-refractivity contribution in [3.8, 4) is 0 Å². The summed E-state index contributed by atoms with van der Waals surface area (Å²) >= 11 is 2.06. The van der Waals surface area contributed by atoms with Crippen LogP contribution in [0.25, 0.3) is 0 Å². The Morgan fingerprint density at radius 2 is 1.86 bits per heavy atom. The van der Waals surface area contributed by atoms with Crippen LogP contribution in [-0.4, -0.2) is 24.1 Å². The first-order valence-electron chi connectivity index (χ1n) is 6.12. The second-order valence-electron chi connectivity index (χ2n) is 3.96. The van der Waals surface area contributed by atoms with E-state index in [9.17, 15) is 0 Å². The average molecular weight is 217 g/mol. The van der Waals surface area contributed by atoms with Crippen molar-refractivity contribution in [2.75, 3.05) is 18.1 Å². The monoisotopic (exact) mass is 217 g/mol. The summed E-state index contributed by atoms with van der Waals surface area (Å²) in [6.45, 7) is 7.99. The van der Waals surface area contributed by atoms with E-state index in [0.717, 1.165) is 0 Å². The van der Waals surface area contributed by atoms with Crippen LogP contribution in [0.5, 0.6) is 0 Å². The summed E-state index contributed by atoms with van der Waals surface area (Å²) in [4.78, 5) is 0. The molecule has 0 heterocycles. The largest absolute Gasteiger partial charge is 0.313 e. The maximum atomic E-state index is 3.58. The third-order valence-electron chi connectivity index (χ3n) is 2.33. The smallest absolute Gasteiger partial charge is 0.00581 e. The molecule has 1 atom stereocenters. The summed E-state index contributed by atoms with van der Waals surface area (Å²) in [5, 5.41) is 3.58. The number of hydrogen-bond acceptors (Lipinski definition) is 2. The number of unbranched alkanes of at least 4 members (excludes halogenated alkanes) is 2. The highest BCUT2D eigenvalue weighted by Crippen LogP contribution is 2.04. The SMILES string of the molecule is CCCCCC(C)NCCSCCC. The van der Waals surface area contributed by atoms with Crippen LogP contribution in [0.3, 0.4) is 0 Å². The molecule has 0 amide bonds. The van der Waals surface area contributed by atoms with Crippen molar-refractivity contribution in [2.45, 2.75) is 58.9 Å². The zero-order valence-electron chi connectivity index (χ0n) is 10.1. The van der Waals surface area contributed by atoms with Gasteiger partial charge in [-0.3, -0.25) is 0 Å². The van der Waals surface area contributed by atoms with E-state index in [2.05, 4.69) is 37.8 Å². The van der Waals surface area contributed by atoms with E-state index in [1.165, 1.54) is 50.2 Å². The summed E-state index contributed by atoms with van der Waals surface area (Å²) in [6.07, 6.45) is 6.74. The fourth-order valence-electron chi connectivity index (χ4n) is 1.43. The molecule has 0 bridgehead atoms. The normalized spacial score (nSPS) is 13.1. The lowest BCUT2D eigenvalue weighted by atomic mass is 10.1. The van der Waals surface area contributed by atoms with Crippen LogP contribution in [-0.2, 0) is 0 Å². The van der Waals surface area contributed by atoms with Crippen molar-refractivity contribution in [1.82, 2.24) is 5.32 Å². The van der Waals surface area contributed by atoms with Crippen molar-refractivity contribution in [1.29, 1.82) is 0 Å². The third kappa shape index (κ3) is 10.4. The fraction of sp³-hybridized carbons (Fsp3) is 1.00. The Kier molecular flexibility index (Phi) is 11.6. The average Bonchev–Trinajstić information content (AvgIpc) is 2.18. The molecule has 0 aliphatic heterocycles. The van der Waals surface area contributed by atoms with Gasteiger partial charge in [-0.15, -0.1) is 0 Å². The first-order chi connectivity index (χ1) is 6.81. The molecule has 0 radical (unpaired) electrons. The van der Waals surface area contributed by atoms with E-state index >= 15 is 0 Å². The molecule has 0 rings (SSSR count). The molecule has 2 heteroatoms. The van der Waals surface area contributed by atoms with E-state index < -0.39 is 0 Å². The van der Waals surface area contributed by atoms with Crippen LogP contribution in [0.15, 0.2) is 0 Å². The lowest BCUT2D eigenvalue weighted by Gasteiger charge is -2.12. The highest BCUT2D eigenvalue weighted by atomic mass is 32.2. The Morgan fingerprint density at radius 3 is 2.50 bits per heavy atom. The van der Waals surface area contributed by atoms with Crippen LogP contribution < -0.4 is 5.32 Å². The van der Waals surface area contributed by atoms with Gasteiger partial charge in [0.25, 0.3) is 0 Å². The van der Waals surface area contributed by atoms with Crippen LogP contribution in [0.4, 0.5) is 0 Å². The van der Waals surface area contributed by atoms with Crippen molar-refractivity contribution in [3.63, 3.8) is 0 Å². The number of rotatable bonds is 10. The highest BCUT2D eigenvalue weighted by molar-refractivity contribution is 7.99. The summed E-state index contributed by atoms with van der Waals surface area (Å²) < 4.78 is 0. The van der Waals surface area contributed by atoms with E-state index in [1.807, 2.05) is 0 Å². The lowest BCUT2D eigenvalue weighted by Crippen LogP contribution is -2.28. The Hall–Kier alpha value is 0.310. The quantitative estimate of drug-likeness (QED) is 0.560. The van der Waals surface area contributed by atoms with E-state index in [4.69, 9.17) is 0 Å². The maximum Gasteiger partial charge on any atom is 0.00581 e. The minimum Gasteiger partial charge on any atom is -0.313 e. The Morgan fingerprint density at radius 1 is 1.07 bits per heavy atom. The molecular weight excluding hydrogens is 190 g/mol. The summed E-state index contributed by atoms with van der Waals surface area (Å²) in [7, 11) is 0. The van der Waals surface area contributed by atoms with Gasteiger partial charge in [0.15, 0.2) is 0 Å². The molecule has 0 aliphatic rings. The molecule has 0 spiro atoms. The Bertz CT molecular complexity index is 106. The van der Waals surface area contributed by atoms with Gasteiger partial charge in [0.05, 0.1) is 0 Å². The zero-order valence-corrected chi connectivity index (χ0v) is 11.0. The Labute approximate surface area is 94.4 Å². The molecule has 1 nitrogen and oxygen atoms in total. The number of nitrogens with one attached hydrogen (secondary N) is 1. The van der Waals surface area contributed by atoms with Crippen LogP contribution in [0.2, 0.25) is 0 Å². The van der Waals surface area contributed by atoms with Gasteiger partial charge >= 0.3 is 0 Å². The van der Waals surface area contributed by atoms with Crippen LogP contribution >= 0.6 is 11.8 Å². The fourth-order valence-corrected chi connectivity index (χ4v) is 2.18. The second-order valence-corrected chi connectivity index (χ2v) is 5.19. The molecule has 0 aromatic rings. The first-order valence-corrected chi connectivity index (χ1v) is 7.27. The van der Waals surface area contributed by atoms with E-state index in [0.29, 0.717) is 6.04 Å². The van der Waals surface area contributed by atoms with Gasteiger partial charge < -0.3 is 5.32 Å². The Balaban J connectivity index is 3.06. The number of thioether (sulfide) groups is 1. The molecule has 86 valence electrons. The van der Waals surface area contributed by atoms with Crippen LogP contribution in [0, 0.1) is 0 Å². The van der Waals surface area contributed by atoms with Gasteiger partial charge in [0.2, 0.25) is 0 Å². The predicted octanol–water partition coefficient (Wildman–Crippen LogP) is 3.69. The van der Waals surface area contributed by atoms with Gasteiger partial charge in [-0.25, -0.2) is 0 Å². The molecule has 1 N–H and O–H groups in total. The number of hydrogen-bond donors (Lipinski definition) is 1. The van der Waals surface area contributed by atoms with E-state index in [-0.39, 0.29) is 0 Å². The van der Waals surface area contributed by atoms with Gasteiger partial charge in [-0.05, 0) is 25.5 Å². The predicted molar refractivity (Wildman–Crippen MR) is 69.2 cm³/mol. The molecule has 14 heavy (non-hydrogen) atoms. The minimum atomic E-state index is 0.712. The summed E-state index contributed by atoms with van der Waals surface area (Å²) in [5.41, 5.74) is 0. The molecule has 0 saturated heterocycles. The van der Waals surface area contributed by atoms with Crippen molar-refractivity contribution >= 4 is 11.8 Å². The standard InChI is InChI=1S/C12H27NS/c1-4-6-7-8-12(3)13-9-11-14-10-5-2/h12-13H,4-11H2,1-3H3. The maximum absolute atomic E-state index is 3.58. The van der Waals surface area contributed by atoms with Gasteiger partial charge in [0, 0.05) is 18.3 Å². The zero-order chi connectivity index (χ0) is 10.6. The molecule has 1 unspecified atom stereocenters. The second kappa shape index (κ2) is 11.4. The lowest BCUT2D eigenvalue weighted by molar-refractivity contribution is 0.502. The third-order valence-corrected chi connectivity index (χ3v) is 3.52. The molecule has 0 aliphatic carbocycles. The molecular formula is C12H27NS. The van der Waals surface area contributed by atoms with E-state index in [1.54, 1.807) is 0 Å². The first kappa shape index (κ1) is 14.3. The highest BCUT2D eigenvalue weighted by Gasteiger charge is 1.99. The van der Waals surface area contributed by atoms with Gasteiger partial charge in [-0.2, -0.15) is 11.8 Å². The summed E-state index contributed by atoms with van der Waals surface area (Å²) in [6, 6.07) is 0.712. The minimum absolute atomic E-state index is 0.712. The van der Waals surface area contributed by atoms with Crippen molar-refractivity contribution in [3.05, 3.63) is 0 Å². The molecule has 0 fully saturated rings. The van der Waals surface area contributed by atoms with Crippen molar-refractivity contribution in [2.24, 2.45) is 0 Å². The van der Waals surface area contributed by atoms with Crippen LogP contribution in [0.1, 0.15) is 52.9 Å². The van der Waals surface area contributed by atoms with Gasteiger partial charge in [-0.1, -0.05) is 33.1 Å². The topological polar surface area (TPSA) is 12.0 Å². The molecule has 0 aromatic heterocycles. The van der Waals surface area contributed by atoms with Gasteiger partial charge in [0.1, 0.15) is 0 Å².